The van der Waals surface area contributed by atoms with Crippen LogP contribution in [-0.4, -0.2) is 51.1 Å². The van der Waals surface area contributed by atoms with Gasteiger partial charge < -0.3 is 14.5 Å². The lowest BCUT2D eigenvalue weighted by molar-refractivity contribution is 0.0204. The summed E-state index contributed by atoms with van der Waals surface area (Å²) in [7, 11) is 1.94. The highest BCUT2D eigenvalue weighted by atomic mass is 32.1. The number of aromatic nitrogens is 3. The van der Waals surface area contributed by atoms with E-state index < -0.39 is 5.60 Å². The van der Waals surface area contributed by atoms with E-state index in [1.54, 1.807) is 17.0 Å². The first-order chi connectivity index (χ1) is 19.5. The normalized spacial score (nSPS) is 14.3. The molecule has 10 heteroatoms. The van der Waals surface area contributed by atoms with E-state index >= 15 is 0 Å². The van der Waals surface area contributed by atoms with Crippen LogP contribution in [0.3, 0.4) is 0 Å². The summed E-state index contributed by atoms with van der Waals surface area (Å²) in [6.45, 7) is 11.1. The number of rotatable bonds is 5. The number of pyridine rings is 1. The van der Waals surface area contributed by atoms with Gasteiger partial charge in [-0.05, 0) is 88.3 Å². The van der Waals surface area contributed by atoms with Gasteiger partial charge >= 0.3 is 6.09 Å². The van der Waals surface area contributed by atoms with Crippen molar-refractivity contribution >= 4 is 34.0 Å². The van der Waals surface area contributed by atoms with E-state index in [4.69, 9.17) is 14.7 Å². The number of hydrogen-bond donors (Lipinski definition) is 0. The Hall–Kier alpha value is -3.97. The number of nitrogens with zero attached hydrogens (tertiary/aromatic N) is 6. The Morgan fingerprint density at radius 1 is 1.22 bits per heavy atom. The minimum absolute atomic E-state index is 0.256. The minimum Gasteiger partial charge on any atom is -0.444 e. The molecule has 5 rings (SSSR count). The number of imidazole rings is 1. The van der Waals surface area contributed by atoms with Crippen molar-refractivity contribution in [3.63, 3.8) is 0 Å². The van der Waals surface area contributed by atoms with Gasteiger partial charge in [-0.2, -0.15) is 5.26 Å². The van der Waals surface area contributed by atoms with Crippen molar-refractivity contribution in [3.05, 3.63) is 64.0 Å². The summed E-state index contributed by atoms with van der Waals surface area (Å²) in [6, 6.07) is 10.5. The Kier molecular flexibility index (Phi) is 7.75. The van der Waals surface area contributed by atoms with E-state index in [0.29, 0.717) is 40.3 Å². The predicted molar refractivity (Wildman–Crippen MR) is 159 cm³/mol. The number of fused-ring (bicyclic) bond motifs is 1. The number of carbonyl (C=O) groups is 1. The van der Waals surface area contributed by atoms with Crippen molar-refractivity contribution in [2.75, 3.05) is 25.0 Å². The van der Waals surface area contributed by atoms with Crippen molar-refractivity contribution < 1.29 is 13.9 Å². The van der Waals surface area contributed by atoms with Crippen LogP contribution in [0.1, 0.15) is 68.2 Å². The van der Waals surface area contributed by atoms with Crippen molar-refractivity contribution in [1.29, 1.82) is 5.26 Å². The molecule has 0 aliphatic carbocycles. The third-order valence-electron chi connectivity index (χ3n) is 7.36. The van der Waals surface area contributed by atoms with Crippen molar-refractivity contribution in [3.8, 4) is 17.3 Å². The molecule has 0 N–H and O–H groups in total. The Morgan fingerprint density at radius 2 is 1.90 bits per heavy atom. The lowest BCUT2D eigenvalue weighted by atomic mass is 9.90. The standard InChI is InChI=1S/C31H35FN6O2S/c1-7-24-28(36(6)29-35-26(25(17-33)41-29)21-8-10-23(32)11-9-21)38-18-22(16-19(2)27(38)34-24)20-12-14-37(15-13-20)30(39)40-31(3,4)5/h8-11,16,18,20H,7,12-15H2,1-6H3. The van der Waals surface area contributed by atoms with E-state index in [1.807, 2.05) is 32.7 Å². The monoisotopic (exact) mass is 574 g/mol. The fourth-order valence-electron chi connectivity index (χ4n) is 5.33. The van der Waals surface area contributed by atoms with Gasteiger partial charge in [0.2, 0.25) is 0 Å². The molecule has 0 unspecified atom stereocenters. The molecule has 4 aromatic rings. The molecule has 0 atom stereocenters. The van der Waals surface area contributed by atoms with Gasteiger partial charge in [-0.3, -0.25) is 4.40 Å². The molecule has 0 radical (unpaired) electrons. The number of hydrogen-bond acceptors (Lipinski definition) is 7. The van der Waals surface area contributed by atoms with Gasteiger partial charge in [-0.15, -0.1) is 0 Å². The number of amides is 1. The molecule has 1 aliphatic heterocycles. The first-order valence-electron chi connectivity index (χ1n) is 13.9. The van der Waals surface area contributed by atoms with Gasteiger partial charge in [0, 0.05) is 31.9 Å². The van der Waals surface area contributed by atoms with Crippen LogP contribution in [-0.2, 0) is 11.2 Å². The molecule has 0 bridgehead atoms. The highest BCUT2D eigenvalue weighted by molar-refractivity contribution is 7.16. The molecule has 0 saturated carbocycles. The van der Waals surface area contributed by atoms with Gasteiger partial charge in [0.25, 0.3) is 0 Å². The third-order valence-corrected chi connectivity index (χ3v) is 8.40. The number of carbonyl (C=O) groups excluding carboxylic acids is 1. The van der Waals surface area contributed by atoms with Gasteiger partial charge in [0.1, 0.15) is 39.5 Å². The number of ether oxygens (including phenoxy) is 1. The van der Waals surface area contributed by atoms with E-state index in [-0.39, 0.29) is 11.9 Å². The molecule has 1 aliphatic rings. The molecule has 41 heavy (non-hydrogen) atoms. The zero-order valence-electron chi connectivity index (χ0n) is 24.4. The third kappa shape index (κ3) is 5.77. The van der Waals surface area contributed by atoms with Crippen LogP contribution in [0.15, 0.2) is 36.5 Å². The molecule has 0 spiro atoms. The molecule has 4 heterocycles. The first kappa shape index (κ1) is 28.6. The molecule has 1 aromatic carbocycles. The fraction of sp³-hybridized carbons (Fsp3) is 0.419. The predicted octanol–water partition coefficient (Wildman–Crippen LogP) is 7.22. The Morgan fingerprint density at radius 3 is 2.51 bits per heavy atom. The maximum absolute atomic E-state index is 13.5. The Bertz CT molecular complexity index is 1620. The second-order valence-corrected chi connectivity index (χ2v) is 12.5. The Balaban J connectivity index is 1.47. The summed E-state index contributed by atoms with van der Waals surface area (Å²) in [6.07, 6.45) is 4.33. The molecule has 8 nitrogen and oxygen atoms in total. The van der Waals surface area contributed by atoms with E-state index in [1.165, 1.54) is 29.0 Å². The van der Waals surface area contributed by atoms with Gasteiger partial charge in [0.15, 0.2) is 5.13 Å². The molecule has 1 amide bonds. The summed E-state index contributed by atoms with van der Waals surface area (Å²) < 4.78 is 21.2. The Labute approximate surface area is 244 Å². The molecule has 214 valence electrons. The van der Waals surface area contributed by atoms with Crippen molar-refractivity contribution in [1.82, 2.24) is 19.3 Å². The first-order valence-corrected chi connectivity index (χ1v) is 14.7. The van der Waals surface area contributed by atoms with Crippen molar-refractivity contribution in [2.45, 2.75) is 65.4 Å². The lowest BCUT2D eigenvalue weighted by Gasteiger charge is -2.33. The summed E-state index contributed by atoms with van der Waals surface area (Å²) in [5, 5.41) is 10.5. The summed E-state index contributed by atoms with van der Waals surface area (Å²) >= 11 is 1.31. The SMILES string of the molecule is CCc1nc2c(C)cc(C3CCN(C(=O)OC(C)(C)C)CC3)cn2c1N(C)c1nc(-c2ccc(F)cc2)c(C#N)s1. The maximum Gasteiger partial charge on any atom is 0.410 e. The maximum atomic E-state index is 13.5. The van der Waals surface area contributed by atoms with Crippen LogP contribution in [0.25, 0.3) is 16.9 Å². The molecule has 1 fully saturated rings. The second kappa shape index (κ2) is 11.1. The van der Waals surface area contributed by atoms with Gasteiger partial charge in [-0.1, -0.05) is 24.3 Å². The number of thiazole rings is 1. The van der Waals surface area contributed by atoms with Crippen LogP contribution >= 0.6 is 11.3 Å². The number of anilines is 2. The van der Waals surface area contributed by atoms with Gasteiger partial charge in [-0.25, -0.2) is 19.2 Å². The van der Waals surface area contributed by atoms with Gasteiger partial charge in [0.05, 0.1) is 5.69 Å². The average molecular weight is 575 g/mol. The van der Waals surface area contributed by atoms with E-state index in [2.05, 4.69) is 36.6 Å². The van der Waals surface area contributed by atoms with E-state index in [9.17, 15) is 14.4 Å². The highest BCUT2D eigenvalue weighted by Gasteiger charge is 2.29. The van der Waals surface area contributed by atoms with Crippen molar-refractivity contribution in [2.24, 2.45) is 0 Å². The largest absolute Gasteiger partial charge is 0.444 e. The lowest BCUT2D eigenvalue weighted by Crippen LogP contribution is -2.41. The highest BCUT2D eigenvalue weighted by Crippen LogP contribution is 2.38. The smallest absolute Gasteiger partial charge is 0.410 e. The van der Waals surface area contributed by atoms with Crippen LogP contribution < -0.4 is 4.90 Å². The quantitative estimate of drug-likeness (QED) is 0.250. The van der Waals surface area contributed by atoms with Crippen LogP contribution in [0, 0.1) is 24.1 Å². The average Bonchev–Trinajstić information content (AvgIpc) is 3.54. The molecular weight excluding hydrogens is 539 g/mol. The summed E-state index contributed by atoms with van der Waals surface area (Å²) in [5.41, 5.74) is 4.83. The molecule has 1 saturated heterocycles. The fourth-order valence-corrected chi connectivity index (χ4v) is 6.18. The molecule has 3 aromatic heterocycles. The minimum atomic E-state index is -0.512. The number of halogens is 1. The zero-order chi connectivity index (χ0) is 29.5. The summed E-state index contributed by atoms with van der Waals surface area (Å²) in [4.78, 5) is 26.6. The van der Waals surface area contributed by atoms with Crippen LogP contribution in [0.2, 0.25) is 0 Å². The zero-order valence-corrected chi connectivity index (χ0v) is 25.2. The number of piperidine rings is 1. The number of aryl methyl sites for hydroxylation is 2. The van der Waals surface area contributed by atoms with Crippen LogP contribution in [0.4, 0.5) is 20.1 Å². The topological polar surface area (TPSA) is 86.8 Å². The van der Waals surface area contributed by atoms with Crippen LogP contribution in [0.5, 0.6) is 0 Å². The van der Waals surface area contributed by atoms with E-state index in [0.717, 1.165) is 42.0 Å². The number of benzene rings is 1. The second-order valence-electron chi connectivity index (χ2n) is 11.5. The molecular formula is C31H35FN6O2S. The number of nitriles is 1. The number of likely N-dealkylation sites (tertiary alicyclic amines) is 1. The summed E-state index contributed by atoms with van der Waals surface area (Å²) in [5.74, 6) is 0.875.